The summed E-state index contributed by atoms with van der Waals surface area (Å²) in [6.45, 7) is 14.9. The van der Waals surface area contributed by atoms with Gasteiger partial charge in [-0.1, -0.05) is 19.8 Å². The van der Waals surface area contributed by atoms with Gasteiger partial charge in [0.25, 0.3) is 0 Å². The first kappa shape index (κ1) is 25.8. The molecule has 0 rings (SSSR count). The molecule has 0 heterocycles. The molecule has 5 atom stereocenters. The van der Waals surface area contributed by atoms with Crippen LogP contribution in [0.3, 0.4) is 0 Å². The molecule has 0 spiro atoms. The lowest BCUT2D eigenvalue weighted by Crippen LogP contribution is -2.29. The van der Waals surface area contributed by atoms with E-state index >= 15 is 0 Å². The van der Waals surface area contributed by atoms with Crippen molar-refractivity contribution in [2.45, 2.75) is 91.3 Å². The van der Waals surface area contributed by atoms with Crippen LogP contribution in [0.1, 0.15) is 60.8 Å². The summed E-state index contributed by atoms with van der Waals surface area (Å²) in [5.41, 5.74) is 0. The summed E-state index contributed by atoms with van der Waals surface area (Å²) in [6.07, 6.45) is 3.45. The third-order valence-corrected chi connectivity index (χ3v) is 3.87. The van der Waals surface area contributed by atoms with Crippen LogP contribution in [0.5, 0.6) is 0 Å². The van der Waals surface area contributed by atoms with Crippen LogP contribution in [0, 0.1) is 0 Å². The number of ether oxygens (including phenoxy) is 5. The number of rotatable bonds is 18. The molecule has 0 saturated heterocycles. The predicted octanol–water partition coefficient (Wildman–Crippen LogP) is 3.19. The van der Waals surface area contributed by atoms with Crippen LogP contribution in [0.15, 0.2) is 0 Å². The molecule has 0 aromatic heterocycles. The molecule has 0 aromatic carbocycles. The highest BCUT2D eigenvalue weighted by atomic mass is 16.6. The average molecular weight is 379 g/mol. The van der Waals surface area contributed by atoms with Gasteiger partial charge in [0.05, 0.1) is 63.6 Å². The third kappa shape index (κ3) is 16.0. The van der Waals surface area contributed by atoms with Gasteiger partial charge in [0.2, 0.25) is 0 Å². The molecule has 6 heteroatoms. The number of hydrogen-bond acceptors (Lipinski definition) is 6. The van der Waals surface area contributed by atoms with Gasteiger partial charge in [-0.25, -0.2) is 0 Å². The minimum Gasteiger partial charge on any atom is -0.394 e. The molecule has 0 bridgehead atoms. The predicted molar refractivity (Wildman–Crippen MR) is 104 cm³/mol. The molecule has 6 nitrogen and oxygen atoms in total. The molecular formula is C20H42O6. The van der Waals surface area contributed by atoms with E-state index in [0.29, 0.717) is 26.4 Å². The number of aliphatic hydroxyl groups is 1. The Kier molecular flexibility index (Phi) is 16.7. The Morgan fingerprint density at radius 1 is 0.577 bits per heavy atom. The van der Waals surface area contributed by atoms with Crippen molar-refractivity contribution in [2.24, 2.45) is 0 Å². The van der Waals surface area contributed by atoms with E-state index in [-0.39, 0.29) is 37.1 Å². The summed E-state index contributed by atoms with van der Waals surface area (Å²) >= 11 is 0. The van der Waals surface area contributed by atoms with Crippen LogP contribution in [0.4, 0.5) is 0 Å². The number of unbranched alkanes of at least 4 members (excludes halogenated alkanes) is 2. The second kappa shape index (κ2) is 16.9. The van der Waals surface area contributed by atoms with E-state index in [2.05, 4.69) is 6.92 Å². The zero-order valence-electron chi connectivity index (χ0n) is 17.7. The Labute approximate surface area is 160 Å². The van der Waals surface area contributed by atoms with Crippen LogP contribution >= 0.6 is 0 Å². The highest BCUT2D eigenvalue weighted by Crippen LogP contribution is 2.04. The van der Waals surface area contributed by atoms with Gasteiger partial charge in [0.1, 0.15) is 0 Å². The molecule has 0 aliphatic heterocycles. The van der Waals surface area contributed by atoms with E-state index in [1.165, 1.54) is 12.8 Å². The molecule has 1 N–H and O–H groups in total. The van der Waals surface area contributed by atoms with Gasteiger partial charge in [-0.3, -0.25) is 0 Å². The van der Waals surface area contributed by atoms with Gasteiger partial charge in [0.15, 0.2) is 0 Å². The lowest BCUT2D eigenvalue weighted by atomic mass is 10.3. The van der Waals surface area contributed by atoms with Gasteiger partial charge < -0.3 is 28.8 Å². The molecular weight excluding hydrogens is 336 g/mol. The minimum atomic E-state index is -0.161. The summed E-state index contributed by atoms with van der Waals surface area (Å²) in [4.78, 5) is 0. The fourth-order valence-corrected chi connectivity index (χ4v) is 2.08. The van der Waals surface area contributed by atoms with Gasteiger partial charge >= 0.3 is 0 Å². The third-order valence-electron chi connectivity index (χ3n) is 3.87. The first-order chi connectivity index (χ1) is 12.4. The molecule has 0 amide bonds. The SMILES string of the molecule is CCCCCOC(C)COC(C)COC(C)COC(C)COC(C)CO. The first-order valence-corrected chi connectivity index (χ1v) is 10.1. The Morgan fingerprint density at radius 3 is 1.35 bits per heavy atom. The quantitative estimate of drug-likeness (QED) is 0.370. The standard InChI is InChI=1S/C20H42O6/c1-7-8-9-10-22-17(3)12-24-19(5)14-26-20(6)15-25-18(4)13-23-16(2)11-21/h16-21H,7-15H2,1-6H3. The van der Waals surface area contributed by atoms with E-state index in [0.717, 1.165) is 13.0 Å². The molecule has 0 aliphatic carbocycles. The number of hydrogen-bond donors (Lipinski definition) is 1. The van der Waals surface area contributed by atoms with Crippen molar-refractivity contribution in [1.29, 1.82) is 0 Å². The van der Waals surface area contributed by atoms with Crippen molar-refractivity contribution in [1.82, 2.24) is 0 Å². The maximum atomic E-state index is 8.92. The molecule has 158 valence electrons. The van der Waals surface area contributed by atoms with Crippen LogP contribution in [-0.2, 0) is 23.7 Å². The summed E-state index contributed by atoms with van der Waals surface area (Å²) in [5.74, 6) is 0. The summed E-state index contributed by atoms with van der Waals surface area (Å²) in [5, 5.41) is 8.92. The Hall–Kier alpha value is -0.240. The van der Waals surface area contributed by atoms with Crippen LogP contribution in [0.25, 0.3) is 0 Å². The molecule has 0 radical (unpaired) electrons. The second-order valence-electron chi connectivity index (χ2n) is 7.15. The minimum absolute atomic E-state index is 0.0125. The maximum absolute atomic E-state index is 8.92. The van der Waals surface area contributed by atoms with Crippen molar-refractivity contribution >= 4 is 0 Å². The van der Waals surface area contributed by atoms with E-state index in [9.17, 15) is 0 Å². The van der Waals surface area contributed by atoms with E-state index < -0.39 is 0 Å². The van der Waals surface area contributed by atoms with Crippen LogP contribution in [0.2, 0.25) is 0 Å². The van der Waals surface area contributed by atoms with Gasteiger partial charge in [0, 0.05) is 6.61 Å². The van der Waals surface area contributed by atoms with Crippen LogP contribution in [-0.4, -0.2) is 75.3 Å². The van der Waals surface area contributed by atoms with E-state index in [1.54, 1.807) is 0 Å². The van der Waals surface area contributed by atoms with Gasteiger partial charge in [-0.2, -0.15) is 0 Å². The normalized spacial score (nSPS) is 17.7. The first-order valence-electron chi connectivity index (χ1n) is 10.1. The largest absolute Gasteiger partial charge is 0.394 e. The smallest absolute Gasteiger partial charge is 0.0781 e. The molecule has 0 aliphatic rings. The summed E-state index contributed by atoms with van der Waals surface area (Å²) < 4.78 is 28.4. The monoisotopic (exact) mass is 378 g/mol. The zero-order chi connectivity index (χ0) is 19.8. The fraction of sp³-hybridized carbons (Fsp3) is 1.00. The highest BCUT2D eigenvalue weighted by molar-refractivity contribution is 4.57. The average Bonchev–Trinajstić information content (AvgIpc) is 2.64. The highest BCUT2D eigenvalue weighted by Gasteiger charge is 2.12. The molecule has 0 fully saturated rings. The lowest BCUT2D eigenvalue weighted by molar-refractivity contribution is -0.0975. The van der Waals surface area contributed by atoms with Crippen molar-refractivity contribution in [3.63, 3.8) is 0 Å². The van der Waals surface area contributed by atoms with Crippen molar-refractivity contribution in [2.75, 3.05) is 39.6 Å². The van der Waals surface area contributed by atoms with E-state index in [1.807, 2.05) is 34.6 Å². The van der Waals surface area contributed by atoms with Crippen molar-refractivity contribution in [3.8, 4) is 0 Å². The van der Waals surface area contributed by atoms with Crippen molar-refractivity contribution in [3.05, 3.63) is 0 Å². The number of aliphatic hydroxyl groups excluding tert-OH is 1. The molecule has 0 aromatic rings. The molecule has 0 saturated carbocycles. The Balaban J connectivity index is 3.66. The zero-order valence-corrected chi connectivity index (χ0v) is 17.7. The summed E-state index contributed by atoms with van der Waals surface area (Å²) in [6, 6.07) is 0. The fourth-order valence-electron chi connectivity index (χ4n) is 2.08. The summed E-state index contributed by atoms with van der Waals surface area (Å²) in [7, 11) is 0. The van der Waals surface area contributed by atoms with Gasteiger partial charge in [-0.05, 0) is 41.0 Å². The van der Waals surface area contributed by atoms with Gasteiger partial charge in [-0.15, -0.1) is 0 Å². The second-order valence-corrected chi connectivity index (χ2v) is 7.15. The topological polar surface area (TPSA) is 66.4 Å². The van der Waals surface area contributed by atoms with Crippen molar-refractivity contribution < 1.29 is 28.8 Å². The van der Waals surface area contributed by atoms with E-state index in [4.69, 9.17) is 28.8 Å². The Morgan fingerprint density at radius 2 is 0.962 bits per heavy atom. The van der Waals surface area contributed by atoms with Crippen LogP contribution < -0.4 is 0 Å². The lowest BCUT2D eigenvalue weighted by Gasteiger charge is -2.21. The maximum Gasteiger partial charge on any atom is 0.0781 e. The Bertz CT molecular complexity index is 302. The molecule has 5 unspecified atom stereocenters. The molecule has 26 heavy (non-hydrogen) atoms.